The largest absolute Gasteiger partial charge is 0.485 e. The fraction of sp³-hybridized carbons (Fsp3) is 0.105. The molecule has 104 valence electrons. The van der Waals surface area contributed by atoms with Crippen molar-refractivity contribution in [3.63, 3.8) is 0 Å². The first kappa shape index (κ1) is 13.4. The first-order chi connectivity index (χ1) is 10.3. The third-order valence-corrected chi connectivity index (χ3v) is 3.40. The summed E-state index contributed by atoms with van der Waals surface area (Å²) >= 11 is 0. The summed E-state index contributed by atoms with van der Waals surface area (Å²) < 4.78 is 5.64. The second-order valence-electron chi connectivity index (χ2n) is 4.96. The van der Waals surface area contributed by atoms with Crippen molar-refractivity contribution >= 4 is 11.9 Å². The van der Waals surface area contributed by atoms with E-state index in [-0.39, 0.29) is 5.78 Å². The molecule has 0 aromatic heterocycles. The molecule has 1 aliphatic carbocycles. The molecule has 3 rings (SSSR count). The normalized spacial score (nSPS) is 16.1. The molecule has 2 aromatic carbocycles. The minimum absolute atomic E-state index is 0.00483. The molecule has 0 spiro atoms. The molecule has 0 bridgehead atoms. The van der Waals surface area contributed by atoms with Crippen LogP contribution in [-0.4, -0.2) is 5.78 Å². The molecule has 0 saturated carbocycles. The molecule has 2 nitrogen and oxygen atoms in total. The van der Waals surface area contributed by atoms with Crippen molar-refractivity contribution in [2.75, 3.05) is 0 Å². The zero-order valence-corrected chi connectivity index (χ0v) is 11.7. The van der Waals surface area contributed by atoms with E-state index in [4.69, 9.17) is 4.74 Å². The Hall–Kier alpha value is -2.61. The highest BCUT2D eigenvalue weighted by atomic mass is 16.5. The van der Waals surface area contributed by atoms with E-state index in [1.54, 1.807) is 0 Å². The van der Waals surface area contributed by atoms with Crippen LogP contribution in [0.1, 0.15) is 17.5 Å². The minimum atomic E-state index is -0.00483. The van der Waals surface area contributed by atoms with Crippen molar-refractivity contribution in [3.05, 3.63) is 89.2 Å². The highest BCUT2D eigenvalue weighted by Gasteiger charge is 2.22. The third-order valence-electron chi connectivity index (χ3n) is 3.40. The molecule has 1 aliphatic rings. The Balaban J connectivity index is 1.65. The minimum Gasteiger partial charge on any atom is -0.485 e. The van der Waals surface area contributed by atoms with Gasteiger partial charge in [-0.25, -0.2) is 0 Å². The zero-order valence-electron chi connectivity index (χ0n) is 11.7. The van der Waals surface area contributed by atoms with Crippen molar-refractivity contribution in [3.8, 4) is 0 Å². The van der Waals surface area contributed by atoms with Gasteiger partial charge in [-0.05, 0) is 29.7 Å². The lowest BCUT2D eigenvalue weighted by molar-refractivity contribution is -0.115. The lowest BCUT2D eigenvalue weighted by Gasteiger charge is -2.06. The molecule has 0 fully saturated rings. The van der Waals surface area contributed by atoms with Gasteiger partial charge in [0.15, 0.2) is 5.76 Å². The summed E-state index contributed by atoms with van der Waals surface area (Å²) in [6, 6.07) is 19.7. The standard InChI is InChI=1S/C19H16O2/c20-19-17(13-15-7-3-1-4-8-15)11-12-18(19)21-14-16-9-5-2-6-10-16/h1-10,12-13H,11,14H2. The number of ketones is 1. The summed E-state index contributed by atoms with van der Waals surface area (Å²) in [5.41, 5.74) is 2.88. The van der Waals surface area contributed by atoms with Crippen molar-refractivity contribution in [1.29, 1.82) is 0 Å². The predicted molar refractivity (Wildman–Crippen MR) is 83.4 cm³/mol. The number of hydrogen-bond acceptors (Lipinski definition) is 2. The van der Waals surface area contributed by atoms with E-state index in [0.29, 0.717) is 18.8 Å². The summed E-state index contributed by atoms with van der Waals surface area (Å²) in [6.45, 7) is 0.428. The molecule has 0 amide bonds. The van der Waals surface area contributed by atoms with Gasteiger partial charge in [0.05, 0.1) is 0 Å². The van der Waals surface area contributed by atoms with Crippen molar-refractivity contribution in [1.82, 2.24) is 0 Å². The van der Waals surface area contributed by atoms with Gasteiger partial charge in [-0.1, -0.05) is 60.7 Å². The lowest BCUT2D eigenvalue weighted by atomic mass is 10.1. The number of Topliss-reactive ketones (excluding diaryl/α,β-unsaturated/α-hetero) is 1. The number of hydrogen-bond donors (Lipinski definition) is 0. The number of carbonyl (C=O) groups is 1. The van der Waals surface area contributed by atoms with E-state index in [9.17, 15) is 4.79 Å². The quantitative estimate of drug-likeness (QED) is 0.784. The SMILES string of the molecule is O=C1C(=Cc2ccccc2)CC=C1OCc1ccccc1. The van der Waals surface area contributed by atoms with E-state index >= 15 is 0 Å². The van der Waals surface area contributed by atoms with Gasteiger partial charge in [0.1, 0.15) is 6.61 Å². The van der Waals surface area contributed by atoms with E-state index in [2.05, 4.69) is 0 Å². The first-order valence-corrected chi connectivity index (χ1v) is 7.00. The lowest BCUT2D eigenvalue weighted by Crippen LogP contribution is -2.03. The van der Waals surface area contributed by atoms with E-state index in [1.807, 2.05) is 72.8 Å². The number of benzene rings is 2. The van der Waals surface area contributed by atoms with Crippen LogP contribution in [-0.2, 0) is 16.1 Å². The molecule has 0 aliphatic heterocycles. The zero-order chi connectivity index (χ0) is 14.5. The van der Waals surface area contributed by atoms with Crippen LogP contribution in [0.3, 0.4) is 0 Å². The van der Waals surface area contributed by atoms with Gasteiger partial charge in [0.2, 0.25) is 5.78 Å². The molecule has 0 saturated heterocycles. The fourth-order valence-corrected chi connectivity index (χ4v) is 2.28. The van der Waals surface area contributed by atoms with Gasteiger partial charge >= 0.3 is 0 Å². The Morgan fingerprint density at radius 1 is 0.952 bits per heavy atom. The first-order valence-electron chi connectivity index (χ1n) is 7.00. The number of rotatable bonds is 4. The topological polar surface area (TPSA) is 26.3 Å². The highest BCUT2D eigenvalue weighted by molar-refractivity contribution is 6.12. The van der Waals surface area contributed by atoms with Crippen LogP contribution in [0.5, 0.6) is 0 Å². The average Bonchev–Trinajstić information content (AvgIpc) is 2.88. The predicted octanol–water partition coefficient (Wildman–Crippen LogP) is 4.14. The molecule has 2 heteroatoms. The van der Waals surface area contributed by atoms with Crippen LogP contribution in [0, 0.1) is 0 Å². The highest BCUT2D eigenvalue weighted by Crippen LogP contribution is 2.24. The van der Waals surface area contributed by atoms with E-state index in [0.717, 1.165) is 16.7 Å². The molecule has 0 heterocycles. The van der Waals surface area contributed by atoms with Crippen molar-refractivity contribution < 1.29 is 9.53 Å². The van der Waals surface area contributed by atoms with Crippen molar-refractivity contribution in [2.45, 2.75) is 13.0 Å². The van der Waals surface area contributed by atoms with Crippen LogP contribution < -0.4 is 0 Å². The van der Waals surface area contributed by atoms with Gasteiger partial charge < -0.3 is 4.74 Å². The summed E-state index contributed by atoms with van der Waals surface area (Å²) in [7, 11) is 0. The Labute approximate surface area is 124 Å². The average molecular weight is 276 g/mol. The Bertz CT molecular complexity index is 682. The van der Waals surface area contributed by atoms with Crippen LogP contribution in [0.2, 0.25) is 0 Å². The van der Waals surface area contributed by atoms with Crippen LogP contribution in [0.4, 0.5) is 0 Å². The molecule has 2 aromatic rings. The van der Waals surface area contributed by atoms with Crippen LogP contribution in [0.25, 0.3) is 6.08 Å². The number of ether oxygens (including phenoxy) is 1. The summed E-state index contributed by atoms with van der Waals surface area (Å²) in [6.07, 6.45) is 4.43. The Kier molecular flexibility index (Phi) is 3.97. The second-order valence-corrected chi connectivity index (χ2v) is 4.96. The van der Waals surface area contributed by atoms with Gasteiger partial charge in [-0.2, -0.15) is 0 Å². The monoisotopic (exact) mass is 276 g/mol. The number of allylic oxidation sites excluding steroid dienone is 2. The van der Waals surface area contributed by atoms with E-state index < -0.39 is 0 Å². The Morgan fingerprint density at radius 3 is 2.33 bits per heavy atom. The Morgan fingerprint density at radius 2 is 1.62 bits per heavy atom. The molecular formula is C19H16O2. The maximum Gasteiger partial charge on any atom is 0.223 e. The molecule has 21 heavy (non-hydrogen) atoms. The van der Waals surface area contributed by atoms with Gasteiger partial charge in [0, 0.05) is 5.57 Å². The van der Waals surface area contributed by atoms with Crippen LogP contribution in [0.15, 0.2) is 78.1 Å². The maximum atomic E-state index is 12.3. The second kappa shape index (κ2) is 6.23. The summed E-state index contributed by atoms with van der Waals surface area (Å²) in [5.74, 6) is 0.454. The van der Waals surface area contributed by atoms with Crippen LogP contribution >= 0.6 is 0 Å². The van der Waals surface area contributed by atoms with Crippen molar-refractivity contribution in [2.24, 2.45) is 0 Å². The van der Waals surface area contributed by atoms with Gasteiger partial charge in [-0.15, -0.1) is 0 Å². The molecule has 0 atom stereocenters. The maximum absolute atomic E-state index is 12.3. The number of carbonyl (C=O) groups excluding carboxylic acids is 1. The van der Waals surface area contributed by atoms with E-state index in [1.165, 1.54) is 0 Å². The summed E-state index contributed by atoms with van der Waals surface area (Å²) in [5, 5.41) is 0. The fourth-order valence-electron chi connectivity index (χ4n) is 2.28. The smallest absolute Gasteiger partial charge is 0.223 e. The summed E-state index contributed by atoms with van der Waals surface area (Å²) in [4.78, 5) is 12.3. The van der Waals surface area contributed by atoms with Gasteiger partial charge in [0.25, 0.3) is 0 Å². The molecule has 0 N–H and O–H groups in total. The molecular weight excluding hydrogens is 260 g/mol. The molecule has 0 radical (unpaired) electrons. The van der Waals surface area contributed by atoms with Gasteiger partial charge in [-0.3, -0.25) is 4.79 Å². The molecule has 0 unspecified atom stereocenters. The third kappa shape index (κ3) is 3.29.